The smallest absolute Gasteiger partial charge is 0.318 e. The number of nitrogens with zero attached hydrogens (tertiary/aromatic N) is 3. The van der Waals surface area contributed by atoms with Crippen molar-refractivity contribution in [1.82, 2.24) is 20.0 Å². The quantitative estimate of drug-likeness (QED) is 0.571. The number of urea groups is 1. The second kappa shape index (κ2) is 11.1. The topological polar surface area (TPSA) is 79.3 Å². The van der Waals surface area contributed by atoms with Gasteiger partial charge in [0.1, 0.15) is 12.4 Å². The molecule has 1 fully saturated rings. The van der Waals surface area contributed by atoms with Crippen molar-refractivity contribution < 1.29 is 9.59 Å². The third-order valence-electron chi connectivity index (χ3n) is 6.16. The summed E-state index contributed by atoms with van der Waals surface area (Å²) >= 11 is 0. The van der Waals surface area contributed by atoms with Crippen molar-refractivity contribution in [2.45, 2.75) is 85.1 Å². The minimum Gasteiger partial charge on any atom is -0.335 e. The van der Waals surface area contributed by atoms with E-state index in [9.17, 15) is 9.59 Å². The van der Waals surface area contributed by atoms with Gasteiger partial charge in [0.05, 0.1) is 11.4 Å². The number of hydrogen-bond acceptors (Lipinski definition) is 3. The fourth-order valence-corrected chi connectivity index (χ4v) is 4.25. The van der Waals surface area contributed by atoms with Crippen LogP contribution in [0, 0.1) is 12.8 Å². The molecule has 7 heteroatoms. The molecule has 7 nitrogen and oxygen atoms in total. The molecule has 1 aromatic carbocycles. The highest BCUT2D eigenvalue weighted by atomic mass is 16.2. The van der Waals surface area contributed by atoms with Crippen LogP contribution in [-0.4, -0.2) is 45.8 Å². The van der Waals surface area contributed by atoms with Gasteiger partial charge in [0.15, 0.2) is 0 Å². The molecule has 0 atom stereocenters. The number of rotatable bonds is 7. The van der Waals surface area contributed by atoms with Crippen LogP contribution in [0.5, 0.6) is 0 Å². The Hall–Kier alpha value is -2.83. The van der Waals surface area contributed by atoms with Gasteiger partial charge in [-0.2, -0.15) is 5.10 Å². The van der Waals surface area contributed by atoms with Crippen LogP contribution in [-0.2, 0) is 10.2 Å². The second-order valence-electron chi connectivity index (χ2n) is 11.0. The van der Waals surface area contributed by atoms with Crippen LogP contribution in [0.15, 0.2) is 30.3 Å². The normalized spacial score (nSPS) is 14.8. The van der Waals surface area contributed by atoms with E-state index in [-0.39, 0.29) is 35.9 Å². The van der Waals surface area contributed by atoms with Gasteiger partial charge in [-0.05, 0) is 37.8 Å². The van der Waals surface area contributed by atoms with E-state index in [1.165, 1.54) is 6.42 Å². The van der Waals surface area contributed by atoms with Gasteiger partial charge in [0.25, 0.3) is 0 Å². The highest BCUT2D eigenvalue weighted by Crippen LogP contribution is 2.26. The molecular formula is C27H41N5O2. The number of carbonyl (C=O) groups is 2. The van der Waals surface area contributed by atoms with Gasteiger partial charge in [-0.1, -0.05) is 71.6 Å². The SMILES string of the molecule is Cc1ccc(-n2nc(C(C)(C)C)cc2NC(=O)CN(CC(C)C)C(=O)NC2CCCCC2)cc1. The number of nitrogens with one attached hydrogen (secondary N) is 2. The highest BCUT2D eigenvalue weighted by Gasteiger charge is 2.25. The van der Waals surface area contributed by atoms with E-state index < -0.39 is 0 Å². The van der Waals surface area contributed by atoms with Crippen molar-refractivity contribution in [3.05, 3.63) is 41.6 Å². The second-order valence-corrected chi connectivity index (χ2v) is 11.0. The lowest BCUT2D eigenvalue weighted by Crippen LogP contribution is -2.49. The third-order valence-corrected chi connectivity index (χ3v) is 6.16. The van der Waals surface area contributed by atoms with Crippen molar-refractivity contribution >= 4 is 17.8 Å². The van der Waals surface area contributed by atoms with Crippen LogP contribution in [0.4, 0.5) is 10.6 Å². The summed E-state index contributed by atoms with van der Waals surface area (Å²) in [5, 5.41) is 11.0. The fraction of sp³-hybridized carbons (Fsp3) is 0.593. The third kappa shape index (κ3) is 7.08. The maximum Gasteiger partial charge on any atom is 0.318 e. The molecule has 0 spiro atoms. The number of aryl methyl sites for hydroxylation is 1. The van der Waals surface area contributed by atoms with Crippen LogP contribution < -0.4 is 10.6 Å². The summed E-state index contributed by atoms with van der Waals surface area (Å²) in [5.74, 6) is 0.639. The fourth-order valence-electron chi connectivity index (χ4n) is 4.25. The lowest BCUT2D eigenvalue weighted by molar-refractivity contribution is -0.116. The zero-order chi connectivity index (χ0) is 24.9. The van der Waals surface area contributed by atoms with E-state index in [0.717, 1.165) is 42.6 Å². The van der Waals surface area contributed by atoms with Crippen LogP contribution in [0.2, 0.25) is 0 Å². The summed E-state index contributed by atoms with van der Waals surface area (Å²) in [6.45, 7) is 13.0. The Morgan fingerprint density at radius 1 is 1.12 bits per heavy atom. The molecule has 0 unspecified atom stereocenters. The largest absolute Gasteiger partial charge is 0.335 e. The maximum absolute atomic E-state index is 13.1. The number of carbonyl (C=O) groups excluding carboxylic acids is 2. The number of hydrogen-bond donors (Lipinski definition) is 2. The van der Waals surface area contributed by atoms with Crippen LogP contribution in [0.3, 0.4) is 0 Å². The van der Waals surface area contributed by atoms with Crippen LogP contribution in [0.25, 0.3) is 5.69 Å². The van der Waals surface area contributed by atoms with Crippen LogP contribution in [0.1, 0.15) is 78.0 Å². The number of amides is 3. The zero-order valence-electron chi connectivity index (χ0n) is 21.6. The molecule has 34 heavy (non-hydrogen) atoms. The molecule has 1 aromatic heterocycles. The Labute approximate surface area is 204 Å². The number of aromatic nitrogens is 2. The average Bonchev–Trinajstić information content (AvgIpc) is 3.18. The van der Waals surface area contributed by atoms with E-state index in [0.29, 0.717) is 12.4 Å². The molecule has 3 rings (SSSR count). The molecule has 1 aliphatic rings. The van der Waals surface area contributed by atoms with Crippen molar-refractivity contribution in [2.75, 3.05) is 18.4 Å². The molecule has 3 amide bonds. The van der Waals surface area contributed by atoms with E-state index >= 15 is 0 Å². The molecule has 186 valence electrons. The molecule has 0 radical (unpaired) electrons. The molecule has 0 bridgehead atoms. The number of benzene rings is 1. The van der Waals surface area contributed by atoms with Gasteiger partial charge < -0.3 is 15.5 Å². The first-order valence-electron chi connectivity index (χ1n) is 12.6. The Morgan fingerprint density at radius 3 is 2.35 bits per heavy atom. The van der Waals surface area contributed by atoms with Gasteiger partial charge in [0.2, 0.25) is 5.91 Å². The number of anilines is 1. The Bertz CT molecular complexity index is 966. The summed E-state index contributed by atoms with van der Waals surface area (Å²) in [5.41, 5.74) is 2.76. The van der Waals surface area contributed by atoms with Crippen molar-refractivity contribution in [2.24, 2.45) is 5.92 Å². The van der Waals surface area contributed by atoms with Gasteiger partial charge >= 0.3 is 6.03 Å². The molecular weight excluding hydrogens is 426 g/mol. The Kier molecular flexibility index (Phi) is 8.39. The lowest BCUT2D eigenvalue weighted by atomic mass is 9.92. The van der Waals surface area contributed by atoms with Gasteiger partial charge in [-0.3, -0.25) is 4.79 Å². The summed E-state index contributed by atoms with van der Waals surface area (Å²) in [4.78, 5) is 27.8. The highest BCUT2D eigenvalue weighted by molar-refractivity contribution is 5.94. The molecule has 1 saturated carbocycles. The first-order chi connectivity index (χ1) is 16.0. The minimum absolute atomic E-state index is 0.000657. The first-order valence-corrected chi connectivity index (χ1v) is 12.6. The maximum atomic E-state index is 13.1. The first kappa shape index (κ1) is 25.8. The minimum atomic E-state index is -0.229. The molecule has 2 N–H and O–H groups in total. The molecule has 2 aromatic rings. The molecule has 1 aliphatic carbocycles. The molecule has 0 aliphatic heterocycles. The Morgan fingerprint density at radius 2 is 1.76 bits per heavy atom. The predicted octanol–water partition coefficient (Wildman–Crippen LogP) is 5.42. The standard InChI is InChI=1S/C27H41N5O2/c1-19(2)17-31(26(34)28-21-10-8-7-9-11-21)18-25(33)29-24-16-23(27(4,5)6)30-32(24)22-14-12-20(3)13-15-22/h12-16,19,21H,7-11,17-18H2,1-6H3,(H,28,34)(H,29,33). The zero-order valence-corrected chi connectivity index (χ0v) is 21.6. The summed E-state index contributed by atoms with van der Waals surface area (Å²) < 4.78 is 1.77. The summed E-state index contributed by atoms with van der Waals surface area (Å²) in [6.07, 6.45) is 5.55. The van der Waals surface area contributed by atoms with Gasteiger partial charge in [0, 0.05) is 24.1 Å². The van der Waals surface area contributed by atoms with Crippen molar-refractivity contribution in [3.63, 3.8) is 0 Å². The Balaban J connectivity index is 1.77. The van der Waals surface area contributed by atoms with E-state index in [1.54, 1.807) is 9.58 Å². The van der Waals surface area contributed by atoms with E-state index in [4.69, 9.17) is 5.10 Å². The molecule has 1 heterocycles. The van der Waals surface area contributed by atoms with Crippen molar-refractivity contribution in [3.8, 4) is 5.69 Å². The monoisotopic (exact) mass is 467 g/mol. The predicted molar refractivity (Wildman–Crippen MR) is 137 cm³/mol. The molecule has 0 saturated heterocycles. The average molecular weight is 468 g/mol. The van der Waals surface area contributed by atoms with Crippen molar-refractivity contribution in [1.29, 1.82) is 0 Å². The summed E-state index contributed by atoms with van der Waals surface area (Å²) in [7, 11) is 0. The van der Waals surface area contributed by atoms with Gasteiger partial charge in [-0.15, -0.1) is 0 Å². The van der Waals surface area contributed by atoms with Gasteiger partial charge in [-0.25, -0.2) is 9.48 Å². The summed E-state index contributed by atoms with van der Waals surface area (Å²) in [6, 6.07) is 10.0. The lowest BCUT2D eigenvalue weighted by Gasteiger charge is -2.29. The van der Waals surface area contributed by atoms with E-state index in [1.807, 2.05) is 37.3 Å². The van der Waals surface area contributed by atoms with E-state index in [2.05, 4.69) is 45.3 Å². The van der Waals surface area contributed by atoms with Crippen LogP contribution >= 0.6 is 0 Å².